The maximum atomic E-state index is 5.93. The highest BCUT2D eigenvalue weighted by Gasteiger charge is 2.20. The molecule has 4 rings (SSSR count). The van der Waals surface area contributed by atoms with Gasteiger partial charge < -0.3 is 14.8 Å². The number of hydrogen-bond donors (Lipinski definition) is 1. The molecule has 0 saturated heterocycles. The van der Waals surface area contributed by atoms with Crippen LogP contribution < -0.4 is 14.8 Å². The molecule has 1 N–H and O–H groups in total. The minimum atomic E-state index is 0.00674. The number of nitrogens with zero attached hydrogens (tertiary/aromatic N) is 3. The van der Waals surface area contributed by atoms with E-state index in [1.807, 2.05) is 30.5 Å². The van der Waals surface area contributed by atoms with Crippen LogP contribution in [0.15, 0.2) is 49.1 Å². The molecule has 122 valence electrons. The first kappa shape index (κ1) is 15.0. The Bertz CT molecular complexity index is 809. The van der Waals surface area contributed by atoms with Crippen molar-refractivity contribution in [2.75, 3.05) is 13.2 Å². The average molecular weight is 340 g/mol. The van der Waals surface area contributed by atoms with Crippen molar-refractivity contribution in [1.29, 1.82) is 0 Å². The van der Waals surface area contributed by atoms with Gasteiger partial charge in [0.25, 0.3) is 0 Å². The molecular formula is C17H16N4O2S. The van der Waals surface area contributed by atoms with Gasteiger partial charge in [0.1, 0.15) is 23.4 Å². The zero-order valence-corrected chi connectivity index (χ0v) is 13.7. The summed E-state index contributed by atoms with van der Waals surface area (Å²) in [7, 11) is 0. The zero-order chi connectivity index (χ0) is 16.2. The Morgan fingerprint density at radius 3 is 2.92 bits per heavy atom. The van der Waals surface area contributed by atoms with Gasteiger partial charge in [0.15, 0.2) is 11.5 Å². The molecule has 1 aliphatic heterocycles. The number of nitrogens with one attached hydrogen (secondary N) is 1. The van der Waals surface area contributed by atoms with Crippen LogP contribution in [-0.2, 0) is 6.54 Å². The number of para-hydroxylation sites is 2. The predicted molar refractivity (Wildman–Crippen MR) is 91.2 cm³/mol. The molecule has 0 amide bonds. The third kappa shape index (κ3) is 3.37. The van der Waals surface area contributed by atoms with E-state index in [1.54, 1.807) is 29.9 Å². The minimum absolute atomic E-state index is 0.00674. The van der Waals surface area contributed by atoms with Crippen molar-refractivity contribution in [3.8, 4) is 22.2 Å². The summed E-state index contributed by atoms with van der Waals surface area (Å²) in [6.45, 7) is 2.00. The molecule has 2 aromatic heterocycles. The van der Waals surface area contributed by atoms with Gasteiger partial charge in [0, 0.05) is 36.6 Å². The lowest BCUT2D eigenvalue weighted by Gasteiger charge is -2.26. The standard InChI is InChI=1S/C17H16N4O2S/c1-2-4-16-15(3-1)22-11-12(23-16)7-19-8-13-9-21-17(24-13)14-10-18-5-6-20-14/h1-6,9-10,12,19H,7-8,11H2/t12-/m1/s1. The van der Waals surface area contributed by atoms with Gasteiger partial charge in [-0.15, -0.1) is 11.3 Å². The second-order valence-corrected chi connectivity index (χ2v) is 6.47. The Morgan fingerprint density at radius 1 is 1.12 bits per heavy atom. The molecule has 6 nitrogen and oxygen atoms in total. The highest BCUT2D eigenvalue weighted by atomic mass is 32.1. The third-order valence-corrected chi connectivity index (χ3v) is 4.59. The minimum Gasteiger partial charge on any atom is -0.486 e. The SMILES string of the molecule is c1ccc2c(c1)OC[C@@H](CNCc1cnc(-c3cnccn3)s1)O2. The van der Waals surface area contributed by atoms with E-state index in [0.717, 1.165) is 33.6 Å². The molecule has 3 heterocycles. The molecule has 1 atom stereocenters. The molecule has 3 aromatic rings. The molecule has 24 heavy (non-hydrogen) atoms. The molecule has 0 fully saturated rings. The number of ether oxygens (including phenoxy) is 2. The summed E-state index contributed by atoms with van der Waals surface area (Å²) in [5.74, 6) is 1.61. The summed E-state index contributed by atoms with van der Waals surface area (Å²) in [5.41, 5.74) is 0.800. The van der Waals surface area contributed by atoms with Crippen LogP contribution in [0.25, 0.3) is 10.7 Å². The van der Waals surface area contributed by atoms with Crippen LogP contribution in [0, 0.1) is 0 Å². The smallest absolute Gasteiger partial charge is 0.161 e. The van der Waals surface area contributed by atoms with Crippen LogP contribution in [0.4, 0.5) is 0 Å². The van der Waals surface area contributed by atoms with Gasteiger partial charge in [-0.25, -0.2) is 4.98 Å². The van der Waals surface area contributed by atoms with E-state index in [-0.39, 0.29) is 6.10 Å². The van der Waals surface area contributed by atoms with Crippen molar-refractivity contribution < 1.29 is 9.47 Å². The highest BCUT2D eigenvalue weighted by molar-refractivity contribution is 7.14. The molecule has 1 aliphatic rings. The molecule has 0 saturated carbocycles. The maximum absolute atomic E-state index is 5.93. The van der Waals surface area contributed by atoms with E-state index in [1.165, 1.54) is 0 Å². The van der Waals surface area contributed by atoms with Crippen molar-refractivity contribution >= 4 is 11.3 Å². The first-order valence-corrected chi connectivity index (χ1v) is 8.50. The zero-order valence-electron chi connectivity index (χ0n) is 12.9. The van der Waals surface area contributed by atoms with Crippen molar-refractivity contribution in [3.63, 3.8) is 0 Å². The van der Waals surface area contributed by atoms with Gasteiger partial charge >= 0.3 is 0 Å². The molecule has 7 heteroatoms. The third-order valence-electron chi connectivity index (χ3n) is 3.57. The van der Waals surface area contributed by atoms with Crippen LogP contribution in [0.2, 0.25) is 0 Å². The first-order chi connectivity index (χ1) is 11.9. The Labute approximate surface area is 143 Å². The summed E-state index contributed by atoms with van der Waals surface area (Å²) < 4.78 is 11.6. The summed E-state index contributed by atoms with van der Waals surface area (Å²) in [4.78, 5) is 13.9. The number of hydrogen-bond acceptors (Lipinski definition) is 7. The topological polar surface area (TPSA) is 69.2 Å². The fourth-order valence-electron chi connectivity index (χ4n) is 2.44. The quantitative estimate of drug-likeness (QED) is 0.770. The lowest BCUT2D eigenvalue weighted by atomic mass is 10.2. The number of fused-ring (bicyclic) bond motifs is 1. The lowest BCUT2D eigenvalue weighted by molar-refractivity contribution is 0.0903. The van der Waals surface area contributed by atoms with E-state index >= 15 is 0 Å². The molecule has 0 bridgehead atoms. The summed E-state index contributed by atoms with van der Waals surface area (Å²) >= 11 is 1.61. The Morgan fingerprint density at radius 2 is 2.04 bits per heavy atom. The van der Waals surface area contributed by atoms with Crippen LogP contribution in [0.5, 0.6) is 11.5 Å². The molecule has 0 radical (unpaired) electrons. The van der Waals surface area contributed by atoms with E-state index in [9.17, 15) is 0 Å². The highest BCUT2D eigenvalue weighted by Crippen LogP contribution is 2.30. The number of rotatable bonds is 5. The first-order valence-electron chi connectivity index (χ1n) is 7.69. The van der Waals surface area contributed by atoms with Crippen LogP contribution >= 0.6 is 11.3 Å². The van der Waals surface area contributed by atoms with Gasteiger partial charge in [-0.1, -0.05) is 12.1 Å². The van der Waals surface area contributed by atoms with Crippen LogP contribution in [-0.4, -0.2) is 34.2 Å². The Hall–Kier alpha value is -2.51. The van der Waals surface area contributed by atoms with Gasteiger partial charge in [0.05, 0.1) is 6.20 Å². The van der Waals surface area contributed by atoms with Gasteiger partial charge in [0.2, 0.25) is 0 Å². The fraction of sp³-hybridized carbons (Fsp3) is 0.235. The number of benzene rings is 1. The predicted octanol–water partition coefficient (Wildman–Crippen LogP) is 2.53. The normalized spacial score (nSPS) is 16.1. The van der Waals surface area contributed by atoms with E-state index < -0.39 is 0 Å². The maximum Gasteiger partial charge on any atom is 0.161 e. The molecule has 0 spiro atoms. The molecule has 1 aromatic carbocycles. The van der Waals surface area contributed by atoms with Crippen molar-refractivity contribution in [2.45, 2.75) is 12.6 Å². The molecule has 0 aliphatic carbocycles. The van der Waals surface area contributed by atoms with Gasteiger partial charge in [-0.3, -0.25) is 9.97 Å². The average Bonchev–Trinajstić information content (AvgIpc) is 3.11. The number of aromatic nitrogens is 3. The van der Waals surface area contributed by atoms with Gasteiger partial charge in [-0.2, -0.15) is 0 Å². The van der Waals surface area contributed by atoms with Crippen LogP contribution in [0.3, 0.4) is 0 Å². The Balaban J connectivity index is 1.30. The van der Waals surface area contributed by atoms with E-state index in [0.29, 0.717) is 13.2 Å². The lowest BCUT2D eigenvalue weighted by Crippen LogP contribution is -2.38. The Kier molecular flexibility index (Phi) is 4.35. The summed E-state index contributed by atoms with van der Waals surface area (Å²) in [6, 6.07) is 7.74. The molecule has 0 unspecified atom stereocenters. The summed E-state index contributed by atoms with van der Waals surface area (Å²) in [6.07, 6.45) is 6.93. The largest absolute Gasteiger partial charge is 0.486 e. The fourth-order valence-corrected chi connectivity index (χ4v) is 3.28. The molecular weight excluding hydrogens is 324 g/mol. The van der Waals surface area contributed by atoms with Crippen molar-refractivity contribution in [1.82, 2.24) is 20.3 Å². The van der Waals surface area contributed by atoms with Gasteiger partial charge in [-0.05, 0) is 12.1 Å². The summed E-state index contributed by atoms with van der Waals surface area (Å²) in [5, 5.41) is 4.28. The van der Waals surface area contributed by atoms with Crippen molar-refractivity contribution in [2.24, 2.45) is 0 Å². The van der Waals surface area contributed by atoms with Crippen LogP contribution in [0.1, 0.15) is 4.88 Å². The van der Waals surface area contributed by atoms with Crippen molar-refractivity contribution in [3.05, 3.63) is 53.9 Å². The van der Waals surface area contributed by atoms with E-state index in [2.05, 4.69) is 20.3 Å². The number of thiazole rings is 1. The monoisotopic (exact) mass is 340 g/mol. The second kappa shape index (κ2) is 6.94. The second-order valence-electron chi connectivity index (χ2n) is 5.35. The van der Waals surface area contributed by atoms with E-state index in [4.69, 9.17) is 9.47 Å².